The van der Waals surface area contributed by atoms with Crippen LogP contribution in [0.25, 0.3) is 0 Å². The lowest BCUT2D eigenvalue weighted by Crippen LogP contribution is -2.08. The maximum absolute atomic E-state index is 12.1. The normalized spacial score (nSPS) is 17.2. The summed E-state index contributed by atoms with van der Waals surface area (Å²) in [6.07, 6.45) is 0. The molecule has 0 rings (SSSR count). The SMILES string of the molecule is CP(=O)(F)OCCOS(=O)(=O)O. The molecule has 12 heavy (non-hydrogen) atoms. The molecule has 0 aromatic heterocycles. The van der Waals surface area contributed by atoms with Gasteiger partial charge in [0.25, 0.3) is 0 Å². The van der Waals surface area contributed by atoms with E-state index in [1.165, 1.54) is 0 Å². The molecule has 0 amide bonds. The second-order valence-corrected chi connectivity index (χ2v) is 4.67. The first kappa shape index (κ1) is 12.0. The van der Waals surface area contributed by atoms with E-state index in [0.717, 1.165) is 6.66 Å². The van der Waals surface area contributed by atoms with Crippen molar-refractivity contribution in [2.75, 3.05) is 19.9 Å². The summed E-state index contributed by atoms with van der Waals surface area (Å²) < 4.78 is 57.7. The quantitative estimate of drug-likeness (QED) is 0.416. The van der Waals surface area contributed by atoms with E-state index in [1.54, 1.807) is 0 Å². The highest BCUT2D eigenvalue weighted by Crippen LogP contribution is 2.43. The minimum Gasteiger partial charge on any atom is -0.303 e. The molecule has 0 aromatic carbocycles. The van der Waals surface area contributed by atoms with Gasteiger partial charge in [-0.1, -0.05) is 0 Å². The summed E-state index contributed by atoms with van der Waals surface area (Å²) in [6.45, 7) is -0.370. The van der Waals surface area contributed by atoms with Crippen molar-refractivity contribution in [3.8, 4) is 0 Å². The van der Waals surface area contributed by atoms with Crippen LogP contribution in [0.15, 0.2) is 0 Å². The number of hydrogen-bond acceptors (Lipinski definition) is 5. The van der Waals surface area contributed by atoms with Crippen LogP contribution in [0, 0.1) is 0 Å². The summed E-state index contributed by atoms with van der Waals surface area (Å²) in [5.41, 5.74) is 0. The first-order valence-electron chi connectivity index (χ1n) is 2.74. The van der Waals surface area contributed by atoms with E-state index < -0.39 is 31.3 Å². The monoisotopic (exact) mass is 222 g/mol. The molecular formula is C3H8FO6PS. The molecule has 0 aliphatic heterocycles. The molecule has 0 bridgehead atoms. The molecule has 6 nitrogen and oxygen atoms in total. The van der Waals surface area contributed by atoms with E-state index in [4.69, 9.17) is 4.55 Å². The van der Waals surface area contributed by atoms with Crippen molar-refractivity contribution in [3.63, 3.8) is 0 Å². The zero-order valence-corrected chi connectivity index (χ0v) is 7.85. The van der Waals surface area contributed by atoms with Crippen molar-refractivity contribution in [2.45, 2.75) is 0 Å². The van der Waals surface area contributed by atoms with Gasteiger partial charge in [0, 0.05) is 6.66 Å². The predicted molar refractivity (Wildman–Crippen MR) is 38.1 cm³/mol. The molecule has 1 atom stereocenters. The van der Waals surface area contributed by atoms with E-state index in [-0.39, 0.29) is 0 Å². The first-order valence-corrected chi connectivity index (χ1v) is 6.07. The number of hydrogen-bond donors (Lipinski definition) is 1. The standard InChI is InChI=1S/C3H8FO6PS/c1-11(4,5)9-2-3-10-12(6,7)8/h2-3H2,1H3,(H,6,7,8). The average molecular weight is 222 g/mol. The smallest absolute Gasteiger partial charge is 0.303 e. The number of halogens is 1. The molecule has 1 N–H and O–H groups in total. The van der Waals surface area contributed by atoms with Crippen molar-refractivity contribution in [1.29, 1.82) is 0 Å². The second-order valence-electron chi connectivity index (χ2n) is 1.83. The molecule has 0 spiro atoms. The molecule has 0 heterocycles. The van der Waals surface area contributed by atoms with Gasteiger partial charge in [0.2, 0.25) is 0 Å². The fraction of sp³-hybridized carbons (Fsp3) is 1.00. The fourth-order valence-electron chi connectivity index (χ4n) is 0.340. The molecule has 0 radical (unpaired) electrons. The fourth-order valence-corrected chi connectivity index (χ4v) is 1.02. The zero-order chi connectivity index (χ0) is 9.83. The van der Waals surface area contributed by atoms with Gasteiger partial charge < -0.3 is 4.52 Å². The van der Waals surface area contributed by atoms with Crippen molar-refractivity contribution in [2.24, 2.45) is 0 Å². The van der Waals surface area contributed by atoms with E-state index in [9.17, 15) is 17.2 Å². The van der Waals surface area contributed by atoms with Crippen LogP contribution >= 0.6 is 7.68 Å². The Morgan fingerprint density at radius 3 is 2.33 bits per heavy atom. The van der Waals surface area contributed by atoms with E-state index >= 15 is 0 Å². The lowest BCUT2D eigenvalue weighted by Gasteiger charge is -2.03. The Hall–Kier alpha value is -0.0100. The Labute approximate surface area is 69.2 Å². The molecule has 0 saturated heterocycles. The summed E-state index contributed by atoms with van der Waals surface area (Å²) in [4.78, 5) is 0. The third kappa shape index (κ3) is 9.99. The summed E-state index contributed by atoms with van der Waals surface area (Å²) in [5.74, 6) is 0. The van der Waals surface area contributed by atoms with Crippen LogP contribution in [0.5, 0.6) is 0 Å². The van der Waals surface area contributed by atoms with E-state index in [2.05, 4.69) is 8.71 Å². The van der Waals surface area contributed by atoms with E-state index in [1.807, 2.05) is 0 Å². The van der Waals surface area contributed by atoms with Crippen LogP contribution in [0.1, 0.15) is 0 Å². The van der Waals surface area contributed by atoms with Gasteiger partial charge in [-0.3, -0.25) is 9.12 Å². The van der Waals surface area contributed by atoms with Crippen LogP contribution in [0.3, 0.4) is 0 Å². The Bertz CT molecular complexity index is 267. The molecule has 9 heteroatoms. The minimum absolute atomic E-state index is 0.510. The van der Waals surface area contributed by atoms with Gasteiger partial charge in [-0.15, -0.1) is 0 Å². The van der Waals surface area contributed by atoms with Crippen LogP contribution in [0.2, 0.25) is 0 Å². The Morgan fingerprint density at radius 1 is 1.50 bits per heavy atom. The first-order chi connectivity index (χ1) is 5.21. The highest BCUT2D eigenvalue weighted by Gasteiger charge is 2.13. The van der Waals surface area contributed by atoms with Crippen molar-refractivity contribution in [3.05, 3.63) is 0 Å². The highest BCUT2D eigenvalue weighted by atomic mass is 32.3. The highest BCUT2D eigenvalue weighted by molar-refractivity contribution is 7.80. The maximum Gasteiger partial charge on any atom is 0.397 e. The predicted octanol–water partition coefficient (Wildman–Crippen LogP) is 0.615. The molecular weight excluding hydrogens is 214 g/mol. The van der Waals surface area contributed by atoms with Gasteiger partial charge in [0.15, 0.2) is 0 Å². The van der Waals surface area contributed by atoms with Crippen molar-refractivity contribution in [1.82, 2.24) is 0 Å². The largest absolute Gasteiger partial charge is 0.397 e. The summed E-state index contributed by atoms with van der Waals surface area (Å²) in [5, 5.41) is 0. The van der Waals surface area contributed by atoms with Gasteiger partial charge in [0.1, 0.15) is 0 Å². The number of rotatable bonds is 5. The topological polar surface area (TPSA) is 89.9 Å². The van der Waals surface area contributed by atoms with Gasteiger partial charge in [-0.05, 0) is 0 Å². The summed E-state index contributed by atoms with van der Waals surface area (Å²) >= 11 is 0. The minimum atomic E-state index is -4.53. The Balaban J connectivity index is 3.55. The summed E-state index contributed by atoms with van der Waals surface area (Å²) in [7, 11) is -8.64. The molecule has 0 aliphatic rings. The molecule has 74 valence electrons. The van der Waals surface area contributed by atoms with Crippen LogP contribution < -0.4 is 0 Å². The Morgan fingerprint density at radius 2 is 2.00 bits per heavy atom. The molecule has 0 aliphatic carbocycles. The lowest BCUT2D eigenvalue weighted by atomic mass is 10.8. The van der Waals surface area contributed by atoms with Crippen molar-refractivity contribution < 1.29 is 30.4 Å². The third-order valence-corrected chi connectivity index (χ3v) is 1.75. The summed E-state index contributed by atoms with van der Waals surface area (Å²) in [6, 6.07) is 0. The molecule has 0 fully saturated rings. The van der Waals surface area contributed by atoms with Crippen LogP contribution in [-0.4, -0.2) is 32.8 Å². The zero-order valence-electron chi connectivity index (χ0n) is 6.14. The van der Waals surface area contributed by atoms with Gasteiger partial charge in [-0.2, -0.15) is 12.6 Å². The maximum atomic E-state index is 12.1. The van der Waals surface area contributed by atoms with Gasteiger partial charge in [0.05, 0.1) is 13.2 Å². The average Bonchev–Trinajstić information content (AvgIpc) is 1.76. The Kier molecular flexibility index (Phi) is 4.29. The lowest BCUT2D eigenvalue weighted by molar-refractivity contribution is 0.196. The molecule has 0 aromatic rings. The molecule has 1 unspecified atom stereocenters. The van der Waals surface area contributed by atoms with Crippen LogP contribution in [-0.2, 0) is 23.7 Å². The second kappa shape index (κ2) is 4.29. The van der Waals surface area contributed by atoms with Crippen LogP contribution in [0.4, 0.5) is 4.20 Å². The third-order valence-electron chi connectivity index (χ3n) is 0.637. The van der Waals surface area contributed by atoms with E-state index in [0.29, 0.717) is 0 Å². The molecule has 0 saturated carbocycles. The van der Waals surface area contributed by atoms with Crippen molar-refractivity contribution >= 4 is 18.1 Å². The van der Waals surface area contributed by atoms with Gasteiger partial charge in [-0.25, -0.2) is 4.18 Å². The van der Waals surface area contributed by atoms with Gasteiger partial charge >= 0.3 is 18.1 Å².